The van der Waals surface area contributed by atoms with Crippen LogP contribution in [0, 0.1) is 0 Å². The van der Waals surface area contributed by atoms with E-state index in [4.69, 9.17) is 5.73 Å². The predicted molar refractivity (Wildman–Crippen MR) is 74.5 cm³/mol. The SMILES string of the molecule is NC1C(=O)NCc2cc(Cc3ccccc3)ccc21. The lowest BCUT2D eigenvalue weighted by molar-refractivity contribution is -0.123. The van der Waals surface area contributed by atoms with Gasteiger partial charge in [0, 0.05) is 6.54 Å². The van der Waals surface area contributed by atoms with Gasteiger partial charge >= 0.3 is 0 Å². The molecule has 96 valence electrons. The highest BCUT2D eigenvalue weighted by atomic mass is 16.2. The van der Waals surface area contributed by atoms with E-state index in [2.05, 4.69) is 29.6 Å². The highest BCUT2D eigenvalue weighted by Crippen LogP contribution is 2.23. The van der Waals surface area contributed by atoms with Crippen LogP contribution in [0.1, 0.15) is 28.3 Å². The maximum Gasteiger partial charge on any atom is 0.241 e. The van der Waals surface area contributed by atoms with E-state index in [0.29, 0.717) is 6.54 Å². The molecule has 1 aliphatic heterocycles. The van der Waals surface area contributed by atoms with Crippen LogP contribution in [0.2, 0.25) is 0 Å². The van der Waals surface area contributed by atoms with Gasteiger partial charge in [0.25, 0.3) is 0 Å². The minimum atomic E-state index is -0.533. The van der Waals surface area contributed by atoms with Gasteiger partial charge in [-0.25, -0.2) is 0 Å². The van der Waals surface area contributed by atoms with Gasteiger partial charge in [0.05, 0.1) is 0 Å². The maximum absolute atomic E-state index is 11.5. The van der Waals surface area contributed by atoms with Gasteiger partial charge in [-0.1, -0.05) is 48.5 Å². The van der Waals surface area contributed by atoms with Gasteiger partial charge in [0.1, 0.15) is 6.04 Å². The number of amides is 1. The molecule has 1 unspecified atom stereocenters. The topological polar surface area (TPSA) is 55.1 Å². The number of carbonyl (C=O) groups excluding carboxylic acids is 1. The fourth-order valence-corrected chi connectivity index (χ4v) is 2.49. The van der Waals surface area contributed by atoms with Crippen LogP contribution < -0.4 is 11.1 Å². The maximum atomic E-state index is 11.5. The molecule has 0 saturated heterocycles. The lowest BCUT2D eigenvalue weighted by atomic mass is 9.93. The van der Waals surface area contributed by atoms with Crippen LogP contribution in [0.4, 0.5) is 0 Å². The molecule has 3 heteroatoms. The third-order valence-electron chi connectivity index (χ3n) is 3.53. The van der Waals surface area contributed by atoms with Crippen LogP contribution in [0.15, 0.2) is 48.5 Å². The first-order valence-corrected chi connectivity index (χ1v) is 6.43. The van der Waals surface area contributed by atoms with Crippen molar-refractivity contribution in [3.63, 3.8) is 0 Å². The zero-order valence-corrected chi connectivity index (χ0v) is 10.6. The van der Waals surface area contributed by atoms with Crippen LogP contribution >= 0.6 is 0 Å². The van der Waals surface area contributed by atoms with Gasteiger partial charge in [-0.15, -0.1) is 0 Å². The van der Waals surface area contributed by atoms with Gasteiger partial charge in [0.2, 0.25) is 5.91 Å². The number of hydrogen-bond acceptors (Lipinski definition) is 2. The summed E-state index contributed by atoms with van der Waals surface area (Å²) in [6, 6.07) is 16.0. The Balaban J connectivity index is 1.88. The highest BCUT2D eigenvalue weighted by molar-refractivity contribution is 5.85. The second-order valence-electron chi connectivity index (χ2n) is 4.89. The quantitative estimate of drug-likeness (QED) is 0.857. The first kappa shape index (κ1) is 11.9. The van der Waals surface area contributed by atoms with Gasteiger partial charge in [0.15, 0.2) is 0 Å². The molecular formula is C16H16N2O. The summed E-state index contributed by atoms with van der Waals surface area (Å²) < 4.78 is 0. The summed E-state index contributed by atoms with van der Waals surface area (Å²) in [7, 11) is 0. The second-order valence-corrected chi connectivity index (χ2v) is 4.89. The number of rotatable bonds is 2. The molecule has 1 atom stereocenters. The lowest BCUT2D eigenvalue weighted by Gasteiger charge is -2.23. The Labute approximate surface area is 112 Å². The number of fused-ring (bicyclic) bond motifs is 1. The van der Waals surface area contributed by atoms with E-state index >= 15 is 0 Å². The fourth-order valence-electron chi connectivity index (χ4n) is 2.49. The zero-order chi connectivity index (χ0) is 13.2. The Bertz CT molecular complexity index is 607. The molecular weight excluding hydrogens is 236 g/mol. The van der Waals surface area contributed by atoms with E-state index < -0.39 is 6.04 Å². The Morgan fingerprint density at radius 1 is 1.11 bits per heavy atom. The average molecular weight is 252 g/mol. The summed E-state index contributed by atoms with van der Waals surface area (Å²) in [5, 5.41) is 2.82. The predicted octanol–water partition coefficient (Wildman–Crippen LogP) is 1.91. The molecule has 3 N–H and O–H groups in total. The Morgan fingerprint density at radius 2 is 1.89 bits per heavy atom. The number of benzene rings is 2. The Hall–Kier alpha value is -2.13. The minimum Gasteiger partial charge on any atom is -0.350 e. The van der Waals surface area contributed by atoms with Crippen molar-refractivity contribution < 1.29 is 4.79 Å². The first-order valence-electron chi connectivity index (χ1n) is 6.43. The highest BCUT2D eigenvalue weighted by Gasteiger charge is 2.23. The first-order chi connectivity index (χ1) is 9.24. The van der Waals surface area contributed by atoms with E-state index in [1.165, 1.54) is 11.1 Å². The summed E-state index contributed by atoms with van der Waals surface area (Å²) in [4.78, 5) is 11.5. The standard InChI is InChI=1S/C16H16N2O/c17-15-14-7-6-12(8-11-4-2-1-3-5-11)9-13(14)10-18-16(15)19/h1-7,9,15H,8,10,17H2,(H,18,19). The van der Waals surface area contributed by atoms with Crippen LogP contribution in [0.3, 0.4) is 0 Å². The van der Waals surface area contributed by atoms with Crippen molar-refractivity contribution in [1.29, 1.82) is 0 Å². The van der Waals surface area contributed by atoms with Gasteiger partial charge in [-0.2, -0.15) is 0 Å². The summed E-state index contributed by atoms with van der Waals surface area (Å²) >= 11 is 0. The largest absolute Gasteiger partial charge is 0.350 e. The second kappa shape index (κ2) is 4.86. The van der Waals surface area contributed by atoms with E-state index in [1.54, 1.807) is 0 Å². The van der Waals surface area contributed by atoms with Crippen molar-refractivity contribution in [2.45, 2.75) is 19.0 Å². The number of hydrogen-bond donors (Lipinski definition) is 2. The molecule has 3 nitrogen and oxygen atoms in total. The van der Waals surface area contributed by atoms with Gasteiger partial charge in [-0.3, -0.25) is 4.79 Å². The summed E-state index contributed by atoms with van der Waals surface area (Å²) in [5.74, 6) is -0.0942. The van der Waals surface area contributed by atoms with Crippen molar-refractivity contribution >= 4 is 5.91 Å². The van der Waals surface area contributed by atoms with Crippen molar-refractivity contribution in [1.82, 2.24) is 5.32 Å². The Morgan fingerprint density at radius 3 is 2.68 bits per heavy atom. The van der Waals surface area contributed by atoms with Crippen LogP contribution in [0.25, 0.3) is 0 Å². The van der Waals surface area contributed by atoms with E-state index in [1.807, 2.05) is 24.3 Å². The summed E-state index contributed by atoms with van der Waals surface area (Å²) in [6.45, 7) is 0.574. The van der Waals surface area contributed by atoms with Gasteiger partial charge in [-0.05, 0) is 28.7 Å². The summed E-state index contributed by atoms with van der Waals surface area (Å²) in [6.07, 6.45) is 0.900. The van der Waals surface area contributed by atoms with Crippen molar-refractivity contribution in [2.75, 3.05) is 0 Å². The molecule has 2 aromatic rings. The third-order valence-corrected chi connectivity index (χ3v) is 3.53. The molecule has 19 heavy (non-hydrogen) atoms. The Kier molecular flexibility index (Phi) is 3.05. The number of nitrogens with one attached hydrogen (secondary N) is 1. The molecule has 2 aromatic carbocycles. The summed E-state index contributed by atoms with van der Waals surface area (Å²) in [5.41, 5.74) is 10.5. The molecule has 0 fully saturated rings. The lowest BCUT2D eigenvalue weighted by Crippen LogP contribution is -2.38. The van der Waals surface area contributed by atoms with Crippen molar-refractivity contribution in [3.8, 4) is 0 Å². The van der Waals surface area contributed by atoms with Gasteiger partial charge < -0.3 is 11.1 Å². The monoisotopic (exact) mass is 252 g/mol. The van der Waals surface area contributed by atoms with Crippen molar-refractivity contribution in [3.05, 3.63) is 70.8 Å². The van der Waals surface area contributed by atoms with Crippen LogP contribution in [-0.2, 0) is 17.8 Å². The molecule has 3 rings (SSSR count). The molecule has 1 heterocycles. The number of nitrogens with two attached hydrogens (primary N) is 1. The van der Waals surface area contributed by atoms with Crippen LogP contribution in [0.5, 0.6) is 0 Å². The zero-order valence-electron chi connectivity index (χ0n) is 10.6. The number of carbonyl (C=O) groups is 1. The normalized spacial score (nSPS) is 17.7. The average Bonchev–Trinajstić information content (AvgIpc) is 2.44. The smallest absolute Gasteiger partial charge is 0.241 e. The molecule has 0 saturated carbocycles. The van der Waals surface area contributed by atoms with E-state index in [0.717, 1.165) is 17.5 Å². The molecule has 0 bridgehead atoms. The van der Waals surface area contributed by atoms with Crippen molar-refractivity contribution in [2.24, 2.45) is 5.73 Å². The molecule has 0 aromatic heterocycles. The molecule has 1 aliphatic rings. The molecule has 0 spiro atoms. The fraction of sp³-hybridized carbons (Fsp3) is 0.188. The molecule has 0 aliphatic carbocycles. The molecule has 1 amide bonds. The van der Waals surface area contributed by atoms with E-state index in [-0.39, 0.29) is 5.91 Å². The van der Waals surface area contributed by atoms with Crippen LogP contribution in [-0.4, -0.2) is 5.91 Å². The van der Waals surface area contributed by atoms with E-state index in [9.17, 15) is 4.79 Å². The third kappa shape index (κ3) is 2.37. The molecule has 0 radical (unpaired) electrons. The minimum absolute atomic E-state index is 0.0942.